The molecule has 0 bridgehead atoms. The Hall–Kier alpha value is -0.900. The number of nitrogens with zero attached hydrogens (tertiary/aromatic N) is 1. The fraction of sp³-hybridized carbons (Fsp3) is 0.571. The Morgan fingerprint density at radius 1 is 1.39 bits per heavy atom. The predicted molar refractivity (Wildman–Crippen MR) is 76.1 cm³/mol. The van der Waals surface area contributed by atoms with Crippen LogP contribution in [0, 0.1) is 6.92 Å². The van der Waals surface area contributed by atoms with Crippen molar-refractivity contribution in [2.75, 3.05) is 5.33 Å². The van der Waals surface area contributed by atoms with Gasteiger partial charge < -0.3 is 5.32 Å². The molecule has 18 heavy (non-hydrogen) atoms. The Balaban J connectivity index is 2.10. The van der Waals surface area contributed by atoms with Crippen LogP contribution in [-0.2, 0) is 0 Å². The van der Waals surface area contributed by atoms with Crippen molar-refractivity contribution in [3.8, 4) is 0 Å². The second-order valence-corrected chi connectivity index (χ2v) is 5.65. The smallest absolute Gasteiger partial charge is 0.270 e. The third-order valence-electron chi connectivity index (χ3n) is 3.57. The van der Waals surface area contributed by atoms with E-state index in [1.54, 1.807) is 6.07 Å². The van der Waals surface area contributed by atoms with Crippen molar-refractivity contribution in [3.05, 3.63) is 29.6 Å². The van der Waals surface area contributed by atoms with E-state index in [0.717, 1.165) is 23.9 Å². The standard InChI is InChI=1S/C14H19BrN2O/c1-11-6-5-7-12(16-11)13(18)17-14(10-15)8-3-2-4-9-14/h5-7H,2-4,8-10H2,1H3,(H,17,18). The van der Waals surface area contributed by atoms with Gasteiger partial charge in [-0.25, -0.2) is 4.98 Å². The van der Waals surface area contributed by atoms with Gasteiger partial charge in [0.2, 0.25) is 0 Å². The van der Waals surface area contributed by atoms with E-state index >= 15 is 0 Å². The highest BCUT2D eigenvalue weighted by Gasteiger charge is 2.32. The Morgan fingerprint density at radius 2 is 2.11 bits per heavy atom. The molecule has 0 aromatic carbocycles. The topological polar surface area (TPSA) is 42.0 Å². The molecule has 4 heteroatoms. The number of pyridine rings is 1. The lowest BCUT2D eigenvalue weighted by Gasteiger charge is -2.36. The van der Waals surface area contributed by atoms with Crippen LogP contribution in [0.3, 0.4) is 0 Å². The monoisotopic (exact) mass is 310 g/mol. The lowest BCUT2D eigenvalue weighted by molar-refractivity contribution is 0.0881. The highest BCUT2D eigenvalue weighted by atomic mass is 79.9. The highest BCUT2D eigenvalue weighted by Crippen LogP contribution is 2.30. The van der Waals surface area contributed by atoms with Gasteiger partial charge in [-0.15, -0.1) is 0 Å². The van der Waals surface area contributed by atoms with Gasteiger partial charge in [0.25, 0.3) is 5.91 Å². The number of rotatable bonds is 3. The van der Waals surface area contributed by atoms with E-state index < -0.39 is 0 Å². The molecule has 3 nitrogen and oxygen atoms in total. The third-order valence-corrected chi connectivity index (χ3v) is 4.64. The quantitative estimate of drug-likeness (QED) is 0.871. The predicted octanol–water partition coefficient (Wildman–Crippen LogP) is 3.22. The molecule has 0 radical (unpaired) electrons. The van der Waals surface area contributed by atoms with Crippen molar-refractivity contribution in [2.45, 2.75) is 44.6 Å². The zero-order valence-corrected chi connectivity index (χ0v) is 12.3. The van der Waals surface area contributed by atoms with Gasteiger partial charge in [-0.1, -0.05) is 41.3 Å². The Labute approximate surface area is 117 Å². The summed E-state index contributed by atoms with van der Waals surface area (Å²) in [6.07, 6.45) is 5.75. The number of aryl methyl sites for hydroxylation is 1. The Bertz CT molecular complexity index is 428. The summed E-state index contributed by atoms with van der Waals surface area (Å²) < 4.78 is 0. The summed E-state index contributed by atoms with van der Waals surface area (Å²) in [5.74, 6) is -0.0555. The number of halogens is 1. The van der Waals surface area contributed by atoms with E-state index in [2.05, 4.69) is 26.2 Å². The number of hydrogen-bond acceptors (Lipinski definition) is 2. The maximum absolute atomic E-state index is 12.2. The number of nitrogens with one attached hydrogen (secondary N) is 1. The molecular weight excluding hydrogens is 292 g/mol. The summed E-state index contributed by atoms with van der Waals surface area (Å²) in [4.78, 5) is 16.5. The van der Waals surface area contributed by atoms with Crippen LogP contribution in [0.5, 0.6) is 0 Å². The molecule has 0 saturated heterocycles. The van der Waals surface area contributed by atoms with E-state index in [1.807, 2.05) is 19.1 Å². The molecule has 0 aliphatic heterocycles. The van der Waals surface area contributed by atoms with Gasteiger partial charge in [0.1, 0.15) is 5.69 Å². The van der Waals surface area contributed by atoms with Gasteiger partial charge in [0.05, 0.1) is 5.54 Å². The number of hydrogen-bond donors (Lipinski definition) is 1. The van der Waals surface area contributed by atoms with Crippen LogP contribution in [0.15, 0.2) is 18.2 Å². The summed E-state index contributed by atoms with van der Waals surface area (Å²) in [7, 11) is 0. The maximum atomic E-state index is 12.2. The fourth-order valence-electron chi connectivity index (χ4n) is 2.49. The van der Waals surface area contributed by atoms with Crippen LogP contribution in [-0.4, -0.2) is 21.8 Å². The van der Waals surface area contributed by atoms with Crippen LogP contribution in [0.2, 0.25) is 0 Å². The van der Waals surface area contributed by atoms with Gasteiger partial charge in [0.15, 0.2) is 0 Å². The van der Waals surface area contributed by atoms with Gasteiger partial charge in [-0.05, 0) is 31.9 Å². The lowest BCUT2D eigenvalue weighted by atomic mass is 9.83. The normalized spacial score (nSPS) is 18.3. The van der Waals surface area contributed by atoms with Crippen molar-refractivity contribution in [1.82, 2.24) is 10.3 Å². The van der Waals surface area contributed by atoms with Crippen LogP contribution in [0.25, 0.3) is 0 Å². The van der Waals surface area contributed by atoms with Crippen molar-refractivity contribution in [3.63, 3.8) is 0 Å². The van der Waals surface area contributed by atoms with Crippen LogP contribution < -0.4 is 5.32 Å². The van der Waals surface area contributed by atoms with Crippen molar-refractivity contribution < 1.29 is 4.79 Å². The minimum absolute atomic E-state index is 0.0555. The minimum atomic E-state index is -0.0826. The van der Waals surface area contributed by atoms with Crippen LogP contribution >= 0.6 is 15.9 Å². The summed E-state index contributed by atoms with van der Waals surface area (Å²) in [5.41, 5.74) is 1.31. The number of amides is 1. The number of carbonyl (C=O) groups is 1. The van der Waals surface area contributed by atoms with Crippen LogP contribution in [0.1, 0.15) is 48.3 Å². The Kier molecular flexibility index (Phi) is 4.38. The average molecular weight is 311 g/mol. The molecule has 1 N–H and O–H groups in total. The number of aromatic nitrogens is 1. The van der Waals surface area contributed by atoms with E-state index in [-0.39, 0.29) is 11.4 Å². The van der Waals surface area contributed by atoms with Crippen LogP contribution in [0.4, 0.5) is 0 Å². The summed E-state index contributed by atoms with van der Waals surface area (Å²) in [6.45, 7) is 1.90. The van der Waals surface area contributed by atoms with Gasteiger partial charge >= 0.3 is 0 Å². The summed E-state index contributed by atoms with van der Waals surface area (Å²) >= 11 is 3.55. The molecule has 1 aliphatic carbocycles. The molecule has 0 unspecified atom stereocenters. The number of carbonyl (C=O) groups excluding carboxylic acids is 1. The van der Waals surface area contributed by atoms with Gasteiger partial charge in [-0.3, -0.25) is 4.79 Å². The number of alkyl halides is 1. The van der Waals surface area contributed by atoms with E-state index in [4.69, 9.17) is 0 Å². The maximum Gasteiger partial charge on any atom is 0.270 e. The molecular formula is C14H19BrN2O. The zero-order chi connectivity index (χ0) is 13.0. The van der Waals surface area contributed by atoms with Crippen molar-refractivity contribution >= 4 is 21.8 Å². The first-order chi connectivity index (χ1) is 8.65. The first kappa shape index (κ1) is 13.5. The molecule has 1 saturated carbocycles. The molecule has 1 amide bonds. The fourth-order valence-corrected chi connectivity index (χ4v) is 3.20. The van der Waals surface area contributed by atoms with Gasteiger partial charge in [-0.2, -0.15) is 0 Å². The summed E-state index contributed by atoms with van der Waals surface area (Å²) in [5, 5.41) is 3.99. The zero-order valence-electron chi connectivity index (χ0n) is 10.7. The second-order valence-electron chi connectivity index (χ2n) is 5.09. The molecule has 1 fully saturated rings. The molecule has 2 rings (SSSR count). The largest absolute Gasteiger partial charge is 0.344 e. The Morgan fingerprint density at radius 3 is 2.72 bits per heavy atom. The molecule has 0 spiro atoms. The van der Waals surface area contributed by atoms with E-state index in [1.165, 1.54) is 19.3 Å². The molecule has 1 aromatic rings. The SMILES string of the molecule is Cc1cccc(C(=O)NC2(CBr)CCCCC2)n1. The highest BCUT2D eigenvalue weighted by molar-refractivity contribution is 9.09. The van der Waals surface area contributed by atoms with Crippen molar-refractivity contribution in [1.29, 1.82) is 0 Å². The minimum Gasteiger partial charge on any atom is -0.344 e. The van der Waals surface area contributed by atoms with E-state index in [9.17, 15) is 4.79 Å². The van der Waals surface area contributed by atoms with E-state index in [0.29, 0.717) is 5.69 Å². The molecule has 0 atom stereocenters. The third kappa shape index (κ3) is 3.10. The molecule has 1 aromatic heterocycles. The molecule has 1 heterocycles. The van der Waals surface area contributed by atoms with Gasteiger partial charge in [0, 0.05) is 11.0 Å². The lowest BCUT2D eigenvalue weighted by Crippen LogP contribution is -2.51. The summed E-state index contributed by atoms with van der Waals surface area (Å²) in [6, 6.07) is 5.55. The average Bonchev–Trinajstić information content (AvgIpc) is 2.40. The first-order valence-corrected chi connectivity index (χ1v) is 7.59. The van der Waals surface area contributed by atoms with Crippen molar-refractivity contribution in [2.24, 2.45) is 0 Å². The molecule has 98 valence electrons. The first-order valence-electron chi connectivity index (χ1n) is 6.47. The second kappa shape index (κ2) is 5.83. The molecule has 1 aliphatic rings.